The van der Waals surface area contributed by atoms with Crippen molar-refractivity contribution < 1.29 is 52.3 Å². The number of carboxylic acids is 1. The van der Waals surface area contributed by atoms with Gasteiger partial charge in [-0.3, -0.25) is 9.69 Å². The largest absolute Gasteiger partial charge is 0.508 e. The topological polar surface area (TPSA) is 138 Å². The quantitative estimate of drug-likeness (QED) is 0.376. The highest BCUT2D eigenvalue weighted by Gasteiger charge is 2.45. The maximum Gasteiger partial charge on any atom is 0.490 e. The van der Waals surface area contributed by atoms with Gasteiger partial charge in [0.25, 0.3) is 5.79 Å². The van der Waals surface area contributed by atoms with Crippen molar-refractivity contribution in [3.63, 3.8) is 0 Å². The minimum Gasteiger partial charge on any atom is -0.508 e. The summed E-state index contributed by atoms with van der Waals surface area (Å²) < 4.78 is 49.6. The SMILES string of the molecule is CC(=O)Nc1ccc(O)cc1OC[C@](C)(O)CN1CCC2(CC1)Oc1ccc(Cl)cc1O2.O=C(O)C(F)(F)F. The molecule has 214 valence electrons. The molecule has 0 saturated carbocycles. The van der Waals surface area contributed by atoms with Gasteiger partial charge in [0.1, 0.15) is 23.7 Å². The summed E-state index contributed by atoms with van der Waals surface area (Å²) in [5.41, 5.74) is -0.724. The van der Waals surface area contributed by atoms with E-state index in [1.165, 1.54) is 19.1 Å². The van der Waals surface area contributed by atoms with E-state index in [0.29, 0.717) is 60.4 Å². The minimum absolute atomic E-state index is 0.00826. The number of aliphatic hydroxyl groups is 1. The molecule has 39 heavy (non-hydrogen) atoms. The van der Waals surface area contributed by atoms with Crippen LogP contribution in [0.2, 0.25) is 5.02 Å². The Morgan fingerprint density at radius 3 is 2.33 bits per heavy atom. The number of nitrogens with zero attached hydrogens (tertiary/aromatic N) is 1. The summed E-state index contributed by atoms with van der Waals surface area (Å²) in [7, 11) is 0. The molecule has 2 aliphatic rings. The number of fused-ring (bicyclic) bond motifs is 1. The number of benzene rings is 2. The van der Waals surface area contributed by atoms with Crippen molar-refractivity contribution in [3.8, 4) is 23.0 Å². The Morgan fingerprint density at radius 1 is 1.13 bits per heavy atom. The third-order valence-electron chi connectivity index (χ3n) is 5.74. The number of nitrogens with one attached hydrogen (secondary N) is 1. The molecule has 0 aliphatic carbocycles. The smallest absolute Gasteiger partial charge is 0.490 e. The standard InChI is InChI=1S/C23H27ClN2O6.C2HF3O2/c1-15(27)25-18-5-4-17(28)12-20(18)30-14-22(2,29)13-26-9-7-23(8-10-26)31-19-6-3-16(24)11-21(19)32-23;3-2(4,5)1(6)7/h3-6,11-12,28-29H,7-10,13-14H2,1-2H3,(H,25,27);(H,6,7)/t22-;/m1./s1. The van der Waals surface area contributed by atoms with E-state index in [2.05, 4.69) is 10.2 Å². The van der Waals surface area contributed by atoms with Crippen molar-refractivity contribution in [2.45, 2.75) is 44.3 Å². The van der Waals surface area contributed by atoms with Gasteiger partial charge >= 0.3 is 12.1 Å². The van der Waals surface area contributed by atoms with Gasteiger partial charge in [0, 0.05) is 56.6 Å². The molecule has 0 bridgehead atoms. The van der Waals surface area contributed by atoms with E-state index in [-0.39, 0.29) is 18.3 Å². The molecule has 1 amide bonds. The Hall–Kier alpha value is -3.42. The zero-order chi connectivity index (χ0) is 29.0. The van der Waals surface area contributed by atoms with Crippen LogP contribution >= 0.6 is 11.6 Å². The molecule has 1 atom stereocenters. The van der Waals surface area contributed by atoms with Gasteiger partial charge in [0.15, 0.2) is 11.5 Å². The summed E-state index contributed by atoms with van der Waals surface area (Å²) >= 11 is 6.05. The molecule has 2 aliphatic heterocycles. The fourth-order valence-electron chi connectivity index (χ4n) is 4.01. The number of piperidine rings is 1. The lowest BCUT2D eigenvalue weighted by Crippen LogP contribution is -2.53. The molecular formula is C25H28ClF3N2O8. The monoisotopic (exact) mass is 576 g/mol. The highest BCUT2D eigenvalue weighted by atomic mass is 35.5. The lowest BCUT2D eigenvalue weighted by Gasteiger charge is -2.39. The summed E-state index contributed by atoms with van der Waals surface area (Å²) in [5.74, 6) is -2.04. The maximum absolute atomic E-state index is 11.4. The number of ether oxygens (including phenoxy) is 3. The number of alkyl halides is 3. The Bertz CT molecular complexity index is 1200. The molecule has 1 spiro atoms. The molecule has 2 aromatic carbocycles. The second kappa shape index (κ2) is 11.8. The summed E-state index contributed by atoms with van der Waals surface area (Å²) in [6, 6.07) is 9.77. The number of rotatable bonds is 6. The van der Waals surface area contributed by atoms with Crippen molar-refractivity contribution >= 4 is 29.2 Å². The van der Waals surface area contributed by atoms with Gasteiger partial charge in [-0.25, -0.2) is 4.79 Å². The predicted molar refractivity (Wildman–Crippen MR) is 133 cm³/mol. The first-order valence-corrected chi connectivity index (χ1v) is 12.1. The molecule has 4 N–H and O–H groups in total. The molecule has 10 nitrogen and oxygen atoms in total. The van der Waals surface area contributed by atoms with Crippen LogP contribution in [0.3, 0.4) is 0 Å². The number of aliphatic carboxylic acids is 1. The van der Waals surface area contributed by atoms with E-state index >= 15 is 0 Å². The number of anilines is 1. The fraction of sp³-hybridized carbons (Fsp3) is 0.440. The van der Waals surface area contributed by atoms with Crippen molar-refractivity contribution in [2.75, 3.05) is 31.6 Å². The third-order valence-corrected chi connectivity index (χ3v) is 5.97. The van der Waals surface area contributed by atoms with E-state index in [1.807, 2.05) is 6.07 Å². The number of amides is 1. The first-order chi connectivity index (χ1) is 18.1. The number of phenols is 1. The zero-order valence-corrected chi connectivity index (χ0v) is 21.8. The molecular weight excluding hydrogens is 549 g/mol. The number of likely N-dealkylation sites (tertiary alicyclic amines) is 1. The van der Waals surface area contributed by atoms with E-state index in [9.17, 15) is 28.2 Å². The van der Waals surface area contributed by atoms with Crippen LogP contribution in [-0.2, 0) is 9.59 Å². The van der Waals surface area contributed by atoms with Crippen LogP contribution in [0.4, 0.5) is 18.9 Å². The maximum atomic E-state index is 11.4. The van der Waals surface area contributed by atoms with Gasteiger partial charge in [-0.2, -0.15) is 13.2 Å². The lowest BCUT2D eigenvalue weighted by molar-refractivity contribution is -0.192. The molecule has 0 unspecified atom stereocenters. The predicted octanol–water partition coefficient (Wildman–Crippen LogP) is 4.03. The summed E-state index contributed by atoms with van der Waals surface area (Å²) in [6.45, 7) is 4.82. The second-order valence-electron chi connectivity index (χ2n) is 9.43. The number of hydrogen-bond acceptors (Lipinski definition) is 8. The van der Waals surface area contributed by atoms with Gasteiger partial charge in [0.2, 0.25) is 5.91 Å². The molecule has 4 rings (SSSR count). The first-order valence-electron chi connectivity index (χ1n) is 11.7. The summed E-state index contributed by atoms with van der Waals surface area (Å²) in [5, 5.41) is 31.0. The minimum atomic E-state index is -5.08. The normalized spacial score (nSPS) is 17.5. The number of β-amino-alcohol motifs (C(OH)–C–C–N with tert-alkyl or cyclic N) is 1. The van der Waals surface area contributed by atoms with E-state index < -0.39 is 23.5 Å². The zero-order valence-electron chi connectivity index (χ0n) is 21.0. The Morgan fingerprint density at radius 2 is 1.74 bits per heavy atom. The van der Waals surface area contributed by atoms with Crippen LogP contribution in [-0.4, -0.2) is 75.9 Å². The second-order valence-corrected chi connectivity index (χ2v) is 9.87. The summed E-state index contributed by atoms with van der Waals surface area (Å²) in [4.78, 5) is 22.4. The Kier molecular flexibility index (Phi) is 9.08. The van der Waals surface area contributed by atoms with Crippen LogP contribution < -0.4 is 19.5 Å². The van der Waals surface area contributed by atoms with Crippen molar-refractivity contribution in [1.29, 1.82) is 0 Å². The average Bonchev–Trinajstić information content (AvgIpc) is 3.17. The highest BCUT2D eigenvalue weighted by Crippen LogP contribution is 2.44. The third kappa shape index (κ3) is 8.53. The molecule has 0 aromatic heterocycles. The van der Waals surface area contributed by atoms with E-state index in [0.717, 1.165) is 0 Å². The van der Waals surface area contributed by atoms with Crippen LogP contribution in [0.25, 0.3) is 0 Å². The van der Waals surface area contributed by atoms with Gasteiger partial charge in [0.05, 0.1) is 5.69 Å². The number of carbonyl (C=O) groups excluding carboxylic acids is 1. The van der Waals surface area contributed by atoms with Crippen molar-refractivity contribution in [1.82, 2.24) is 4.90 Å². The summed E-state index contributed by atoms with van der Waals surface area (Å²) in [6.07, 6.45) is -3.79. The number of carboxylic acid groups (broad SMARTS) is 1. The average molecular weight is 577 g/mol. The first kappa shape index (κ1) is 30.1. The molecule has 0 radical (unpaired) electrons. The molecule has 2 aromatic rings. The van der Waals surface area contributed by atoms with Gasteiger partial charge < -0.3 is 34.8 Å². The van der Waals surface area contributed by atoms with Crippen LogP contribution in [0.15, 0.2) is 36.4 Å². The van der Waals surface area contributed by atoms with E-state index in [4.69, 9.17) is 35.7 Å². The van der Waals surface area contributed by atoms with Gasteiger partial charge in [-0.05, 0) is 31.2 Å². The number of aromatic hydroxyl groups is 1. The Labute approximate surface area is 226 Å². The van der Waals surface area contributed by atoms with Gasteiger partial charge in [-0.1, -0.05) is 11.6 Å². The van der Waals surface area contributed by atoms with Crippen LogP contribution in [0.1, 0.15) is 26.7 Å². The van der Waals surface area contributed by atoms with Crippen molar-refractivity contribution in [2.24, 2.45) is 0 Å². The van der Waals surface area contributed by atoms with Crippen LogP contribution in [0, 0.1) is 0 Å². The molecule has 2 heterocycles. The molecule has 1 fully saturated rings. The number of phenolic OH excluding ortho intramolecular Hbond substituents is 1. The molecule has 1 saturated heterocycles. The lowest BCUT2D eigenvalue weighted by atomic mass is 10.0. The highest BCUT2D eigenvalue weighted by molar-refractivity contribution is 6.30. The molecule has 14 heteroatoms. The van der Waals surface area contributed by atoms with Gasteiger partial charge in [-0.15, -0.1) is 0 Å². The number of carbonyl (C=O) groups is 2. The number of halogens is 4. The number of hydrogen-bond donors (Lipinski definition) is 4. The van der Waals surface area contributed by atoms with Crippen LogP contribution in [0.5, 0.6) is 23.0 Å². The van der Waals surface area contributed by atoms with E-state index in [1.54, 1.807) is 25.1 Å². The fourth-order valence-corrected chi connectivity index (χ4v) is 4.17. The Balaban J connectivity index is 0.000000532. The van der Waals surface area contributed by atoms with Crippen molar-refractivity contribution in [3.05, 3.63) is 41.4 Å².